The number of aliphatic hydroxyl groups is 11. The monoisotopic (exact) mass is 902 g/mol. The summed E-state index contributed by atoms with van der Waals surface area (Å²) in [5.41, 5.74) is 1.57. The molecular formula is C45H74O18. The van der Waals surface area contributed by atoms with Crippen LogP contribution in [0.2, 0.25) is 0 Å². The summed E-state index contributed by atoms with van der Waals surface area (Å²) in [4.78, 5) is 0. The third-order valence-electron chi connectivity index (χ3n) is 17.4. The largest absolute Gasteiger partial charge is 0.494 e. The van der Waals surface area contributed by atoms with Crippen LogP contribution in [-0.2, 0) is 33.2 Å². The van der Waals surface area contributed by atoms with Crippen molar-refractivity contribution in [1.82, 2.24) is 0 Å². The molecule has 4 heterocycles. The number of fused-ring (bicyclic) bond motifs is 7. The van der Waals surface area contributed by atoms with Crippen molar-refractivity contribution < 1.29 is 89.3 Å². The van der Waals surface area contributed by atoms with Crippen molar-refractivity contribution >= 4 is 0 Å². The minimum atomic E-state index is -1.74. The van der Waals surface area contributed by atoms with Gasteiger partial charge in [-0.15, -0.1) is 0 Å². The lowest BCUT2D eigenvalue weighted by Gasteiger charge is -2.61. The van der Waals surface area contributed by atoms with Gasteiger partial charge in [0.05, 0.1) is 38.3 Å². The fourth-order valence-corrected chi connectivity index (χ4v) is 13.7. The van der Waals surface area contributed by atoms with Crippen molar-refractivity contribution in [3.8, 4) is 0 Å². The Morgan fingerprint density at radius 3 is 1.87 bits per heavy atom. The molecule has 63 heavy (non-hydrogen) atoms. The molecule has 4 aliphatic carbocycles. The van der Waals surface area contributed by atoms with E-state index in [0.717, 1.165) is 70.0 Å². The van der Waals surface area contributed by atoms with Crippen molar-refractivity contribution in [2.75, 3.05) is 26.4 Å². The van der Waals surface area contributed by atoms with Gasteiger partial charge in [-0.2, -0.15) is 0 Å². The van der Waals surface area contributed by atoms with E-state index < -0.39 is 112 Å². The van der Waals surface area contributed by atoms with Crippen LogP contribution in [0.5, 0.6) is 0 Å². The molecule has 0 aromatic rings. The lowest BCUT2D eigenvalue weighted by atomic mass is 9.44. The van der Waals surface area contributed by atoms with Crippen LogP contribution in [0.1, 0.15) is 91.9 Å². The van der Waals surface area contributed by atoms with Crippen LogP contribution in [0.15, 0.2) is 11.3 Å². The highest BCUT2D eigenvalue weighted by Crippen LogP contribution is 2.70. The first-order valence-corrected chi connectivity index (χ1v) is 23.5. The fourth-order valence-electron chi connectivity index (χ4n) is 13.7. The maximum atomic E-state index is 11.2. The Morgan fingerprint density at radius 1 is 0.635 bits per heavy atom. The topological polar surface area (TPSA) is 287 Å². The first-order valence-electron chi connectivity index (χ1n) is 23.5. The normalized spacial score (nSPS) is 52.7. The van der Waals surface area contributed by atoms with Gasteiger partial charge in [-0.3, -0.25) is 0 Å². The van der Waals surface area contributed by atoms with Gasteiger partial charge < -0.3 is 89.3 Å². The highest BCUT2D eigenvalue weighted by atomic mass is 16.8. The second-order valence-electron chi connectivity index (χ2n) is 20.9. The quantitative estimate of drug-likeness (QED) is 0.101. The number of ether oxygens (including phenoxy) is 7. The Bertz CT molecular complexity index is 1580. The zero-order valence-corrected chi connectivity index (χ0v) is 37.0. The van der Waals surface area contributed by atoms with E-state index in [1.54, 1.807) is 0 Å². The van der Waals surface area contributed by atoms with Gasteiger partial charge in [-0.25, -0.2) is 0 Å². The molecule has 8 rings (SSSR count). The Balaban J connectivity index is 0.872. The summed E-state index contributed by atoms with van der Waals surface area (Å²) in [6, 6.07) is 0. The highest BCUT2D eigenvalue weighted by molar-refractivity contribution is 5.26. The average Bonchev–Trinajstić information content (AvgIpc) is 3.76. The molecule has 4 aliphatic heterocycles. The molecule has 18 nitrogen and oxygen atoms in total. The number of rotatable bonds is 13. The van der Waals surface area contributed by atoms with E-state index >= 15 is 0 Å². The lowest BCUT2D eigenvalue weighted by molar-refractivity contribution is -0.373. The van der Waals surface area contributed by atoms with Crippen LogP contribution >= 0.6 is 0 Å². The number of aliphatic hydroxyl groups excluding tert-OH is 11. The van der Waals surface area contributed by atoms with E-state index in [4.69, 9.17) is 33.2 Å². The third kappa shape index (κ3) is 8.68. The van der Waals surface area contributed by atoms with E-state index in [2.05, 4.69) is 27.7 Å². The van der Waals surface area contributed by atoms with Crippen LogP contribution < -0.4 is 0 Å². The smallest absolute Gasteiger partial charge is 0.187 e. The summed E-state index contributed by atoms with van der Waals surface area (Å²) >= 11 is 0. The summed E-state index contributed by atoms with van der Waals surface area (Å²) in [6.07, 6.45) is -12.1. The molecule has 18 heteroatoms. The molecule has 362 valence electrons. The molecule has 0 aromatic carbocycles. The maximum absolute atomic E-state index is 11.2. The van der Waals surface area contributed by atoms with E-state index in [-0.39, 0.29) is 35.6 Å². The predicted octanol–water partition coefficient (Wildman–Crippen LogP) is -0.830. The standard InChI is InChI=1S/C45H74O18/c1-19(18-57-41-38(55)35(52)32(49)28(15-46)60-41)5-8-26-20(2)31-27(59-26)14-25-23-7-6-21-13-22(9-11-44(21,3)24(23)10-12-45(25,31)4)58-43-40(37(54)34(51)30(17-48)62-43)63-42-39(56)36(53)33(50)29(16-47)61-42/h19,21-25,27-43,46-56H,5-18H2,1-4H3/t19-,21+,22-,23+,24+,25+,27-,28+,29+,30+,31-,32+,33+,34-,35-,36-,37-,38+,39+,40+,41+,42-,43+,44-,45-/m0/s1. The third-order valence-corrected chi connectivity index (χ3v) is 17.4. The van der Waals surface area contributed by atoms with Gasteiger partial charge in [-0.1, -0.05) is 20.8 Å². The zero-order chi connectivity index (χ0) is 45.3. The van der Waals surface area contributed by atoms with Gasteiger partial charge in [-0.05, 0) is 111 Å². The van der Waals surface area contributed by atoms with Gasteiger partial charge in [0.25, 0.3) is 0 Å². The molecule has 25 atom stereocenters. The SMILES string of the molecule is CC1=C(CC[C@H](C)CO[C@@H]2O[C@H](CO)[C@@H](O)[C@H](O)[C@H]2O)O[C@H]2C[C@@H]3[C@@H]4CC[C@@H]5C[C@@H](O[C@@H]6O[C@H](CO)[C@H](O)[C@H](O)[C@H]6O[C@@H]6O[C@H](CO)[C@@H](O)[C@H](O)[C@H]6O)CC[C@]5(C)[C@@H]4CC[C@]3(C)[C@@H]12. The van der Waals surface area contributed by atoms with Crippen LogP contribution in [-0.4, -0.2) is 187 Å². The van der Waals surface area contributed by atoms with Crippen LogP contribution in [0.25, 0.3) is 0 Å². The molecule has 8 aliphatic rings. The van der Waals surface area contributed by atoms with Gasteiger partial charge in [0.15, 0.2) is 18.9 Å². The molecule has 4 saturated carbocycles. The highest BCUT2D eigenvalue weighted by Gasteiger charge is 2.65. The average molecular weight is 903 g/mol. The fraction of sp³-hybridized carbons (Fsp3) is 0.956. The Labute approximate surface area is 369 Å². The van der Waals surface area contributed by atoms with Crippen molar-refractivity contribution in [3.05, 3.63) is 11.3 Å². The van der Waals surface area contributed by atoms with Crippen molar-refractivity contribution in [1.29, 1.82) is 0 Å². The first kappa shape index (κ1) is 48.3. The molecule has 11 N–H and O–H groups in total. The Hall–Kier alpha value is -1.14. The molecule has 0 amide bonds. The second-order valence-corrected chi connectivity index (χ2v) is 20.9. The van der Waals surface area contributed by atoms with Gasteiger partial charge in [0.2, 0.25) is 0 Å². The molecule has 7 fully saturated rings. The van der Waals surface area contributed by atoms with Crippen molar-refractivity contribution in [2.24, 2.45) is 46.3 Å². The molecule has 0 radical (unpaired) electrons. The van der Waals surface area contributed by atoms with Crippen LogP contribution in [0.3, 0.4) is 0 Å². The van der Waals surface area contributed by atoms with Crippen LogP contribution in [0.4, 0.5) is 0 Å². The summed E-state index contributed by atoms with van der Waals surface area (Å²) in [6.45, 7) is 7.74. The predicted molar refractivity (Wildman–Crippen MR) is 218 cm³/mol. The molecule has 3 saturated heterocycles. The minimum absolute atomic E-state index is 0.0928. The molecule has 0 bridgehead atoms. The molecule has 0 unspecified atom stereocenters. The molecule has 0 aromatic heterocycles. The molecular weight excluding hydrogens is 828 g/mol. The summed E-state index contributed by atoms with van der Waals surface area (Å²) < 4.78 is 42.2. The minimum Gasteiger partial charge on any atom is -0.494 e. The van der Waals surface area contributed by atoms with Crippen molar-refractivity contribution in [2.45, 2.75) is 196 Å². The van der Waals surface area contributed by atoms with E-state index in [1.807, 2.05) is 0 Å². The summed E-state index contributed by atoms with van der Waals surface area (Å²) in [5, 5.41) is 113. The number of hydrogen-bond donors (Lipinski definition) is 11. The van der Waals surface area contributed by atoms with Crippen molar-refractivity contribution in [3.63, 3.8) is 0 Å². The number of hydrogen-bond acceptors (Lipinski definition) is 18. The van der Waals surface area contributed by atoms with Gasteiger partial charge in [0.1, 0.15) is 79.4 Å². The van der Waals surface area contributed by atoms with Gasteiger partial charge >= 0.3 is 0 Å². The lowest BCUT2D eigenvalue weighted by Crippen LogP contribution is -2.65. The Morgan fingerprint density at radius 2 is 1.22 bits per heavy atom. The van der Waals surface area contributed by atoms with E-state index in [0.29, 0.717) is 29.6 Å². The zero-order valence-electron chi connectivity index (χ0n) is 37.0. The number of allylic oxidation sites excluding steroid dienone is 1. The summed E-state index contributed by atoms with van der Waals surface area (Å²) in [5.74, 6) is 3.56. The second kappa shape index (κ2) is 19.1. The van der Waals surface area contributed by atoms with Gasteiger partial charge in [0, 0.05) is 12.3 Å². The maximum Gasteiger partial charge on any atom is 0.187 e. The Kier molecular flexibility index (Phi) is 14.6. The first-order chi connectivity index (χ1) is 29.9. The molecule has 0 spiro atoms. The summed E-state index contributed by atoms with van der Waals surface area (Å²) in [7, 11) is 0. The van der Waals surface area contributed by atoms with E-state index in [9.17, 15) is 56.2 Å². The van der Waals surface area contributed by atoms with E-state index in [1.165, 1.54) is 5.57 Å². The van der Waals surface area contributed by atoms with Crippen LogP contribution in [0, 0.1) is 46.3 Å².